The van der Waals surface area contributed by atoms with E-state index in [1.807, 2.05) is 0 Å². The third-order valence-electron chi connectivity index (χ3n) is 5.16. The van der Waals surface area contributed by atoms with Crippen LogP contribution in [0.5, 0.6) is 5.75 Å². The first-order valence-corrected chi connectivity index (χ1v) is 13.3. The van der Waals surface area contributed by atoms with E-state index in [0.717, 1.165) is 10.8 Å². The van der Waals surface area contributed by atoms with E-state index in [4.69, 9.17) is 32.9 Å². The number of benzene rings is 1. The number of aromatic amines is 1. The average molecular weight is 547 g/mol. The predicted molar refractivity (Wildman–Crippen MR) is 132 cm³/mol. The molecule has 0 radical (unpaired) electrons. The van der Waals surface area contributed by atoms with Crippen molar-refractivity contribution in [1.82, 2.24) is 9.55 Å². The minimum atomic E-state index is -4.46. The van der Waals surface area contributed by atoms with Gasteiger partial charge in [0.05, 0.1) is 27.5 Å². The van der Waals surface area contributed by atoms with Crippen molar-refractivity contribution < 1.29 is 35.7 Å². The maximum Gasteiger partial charge on any atom is 0.380 e. The highest BCUT2D eigenvalue weighted by atomic mass is 35.5. The molecule has 1 aromatic carbocycles. The molecule has 36 heavy (non-hydrogen) atoms. The van der Waals surface area contributed by atoms with Crippen molar-refractivity contribution in [3.63, 3.8) is 0 Å². The molecule has 1 aliphatic rings. The number of alkyl halides is 1. The maximum absolute atomic E-state index is 13.9. The summed E-state index contributed by atoms with van der Waals surface area (Å²) in [5, 5.41) is 9.38. The molecule has 2 heterocycles. The van der Waals surface area contributed by atoms with E-state index in [-0.39, 0.29) is 11.3 Å². The molecule has 0 amide bonds. The van der Waals surface area contributed by atoms with Crippen LogP contribution >= 0.6 is 19.2 Å². The quantitative estimate of drug-likeness (QED) is 0.261. The smallest absolute Gasteiger partial charge is 0.380 e. The van der Waals surface area contributed by atoms with Crippen molar-refractivity contribution in [3.8, 4) is 5.75 Å². The van der Waals surface area contributed by atoms with Gasteiger partial charge in [0, 0.05) is 11.8 Å². The number of aliphatic hydroxyl groups excluding tert-OH is 1. The standard InChI is InChI=1S/C23H30ClN2O9P/c1-13(2)33-22(29)15(4)12-36(31,35-16-8-6-5-7-9-16)32-11-17-19(27)18(24)21(34-17)26-10-14(3)20(28)25-23(26)30/h5-10,13,15,17-19,21,27H,11-12H2,1-4H3,(H,25,28,30)/t15-,17+,18-,19?,21+,36?/m1/s1/i11D2. The van der Waals surface area contributed by atoms with Gasteiger partial charge in [-0.1, -0.05) is 25.1 Å². The second kappa shape index (κ2) is 11.7. The highest BCUT2D eigenvalue weighted by Crippen LogP contribution is 2.50. The molecular formula is C23H30ClN2O9P. The van der Waals surface area contributed by atoms with E-state index in [0.29, 0.717) is 0 Å². The third-order valence-corrected chi connectivity index (χ3v) is 7.50. The van der Waals surface area contributed by atoms with Crippen LogP contribution in [0.1, 0.15) is 35.3 Å². The van der Waals surface area contributed by atoms with E-state index in [2.05, 4.69) is 4.98 Å². The Hall–Kier alpha value is -2.43. The monoisotopic (exact) mass is 546 g/mol. The second-order valence-corrected chi connectivity index (χ2v) is 11.1. The Morgan fingerprint density at radius 2 is 1.97 bits per heavy atom. The zero-order valence-electron chi connectivity index (χ0n) is 22.1. The van der Waals surface area contributed by atoms with Gasteiger partial charge in [-0.3, -0.25) is 23.7 Å². The molecule has 0 spiro atoms. The van der Waals surface area contributed by atoms with Gasteiger partial charge in [-0.2, -0.15) is 0 Å². The largest absolute Gasteiger partial charge is 0.463 e. The number of nitrogens with zero attached hydrogens (tertiary/aromatic N) is 1. The molecule has 0 saturated carbocycles. The molecule has 11 nitrogen and oxygen atoms in total. The minimum absolute atomic E-state index is 0.0901. The van der Waals surface area contributed by atoms with Gasteiger partial charge < -0.3 is 19.1 Å². The van der Waals surface area contributed by atoms with E-state index in [9.17, 15) is 24.1 Å². The summed E-state index contributed by atoms with van der Waals surface area (Å²) in [4.78, 5) is 38.5. The van der Waals surface area contributed by atoms with Crippen LogP contribution in [0.4, 0.5) is 0 Å². The van der Waals surface area contributed by atoms with Crippen LogP contribution in [0.3, 0.4) is 0 Å². The van der Waals surface area contributed by atoms with Crippen molar-refractivity contribution in [2.75, 3.05) is 12.7 Å². The molecule has 1 fully saturated rings. The first kappa shape index (κ1) is 25.2. The van der Waals surface area contributed by atoms with E-state index in [1.54, 1.807) is 32.0 Å². The molecule has 1 saturated heterocycles. The zero-order valence-corrected chi connectivity index (χ0v) is 21.8. The topological polar surface area (TPSA) is 146 Å². The minimum Gasteiger partial charge on any atom is -0.463 e. The molecule has 198 valence electrons. The Balaban J connectivity index is 1.90. The van der Waals surface area contributed by atoms with Crippen molar-refractivity contribution in [3.05, 3.63) is 62.9 Å². The van der Waals surface area contributed by atoms with Crippen LogP contribution in [0, 0.1) is 12.8 Å². The van der Waals surface area contributed by atoms with Crippen molar-refractivity contribution >= 4 is 25.2 Å². The first-order valence-electron chi connectivity index (χ1n) is 12.2. The highest BCUT2D eigenvalue weighted by molar-refractivity contribution is 7.54. The number of H-pyrrole nitrogens is 1. The molecule has 2 aromatic rings. The fourth-order valence-electron chi connectivity index (χ4n) is 3.36. The van der Waals surface area contributed by atoms with Crippen LogP contribution < -0.4 is 15.8 Å². The number of carbonyl (C=O) groups is 1. The van der Waals surface area contributed by atoms with Crippen LogP contribution in [0.2, 0.25) is 0 Å². The molecule has 1 aliphatic heterocycles. The van der Waals surface area contributed by atoms with Gasteiger partial charge in [0.15, 0.2) is 6.23 Å². The van der Waals surface area contributed by atoms with Crippen molar-refractivity contribution in [2.24, 2.45) is 5.92 Å². The lowest BCUT2D eigenvalue weighted by Crippen LogP contribution is -2.36. The van der Waals surface area contributed by atoms with Gasteiger partial charge in [0.2, 0.25) is 0 Å². The number of rotatable bonds is 10. The molecule has 0 aliphatic carbocycles. The lowest BCUT2D eigenvalue weighted by Gasteiger charge is -2.24. The third kappa shape index (κ3) is 6.86. The van der Waals surface area contributed by atoms with Gasteiger partial charge in [0.1, 0.15) is 23.3 Å². The molecule has 3 rings (SSSR count). The predicted octanol–water partition coefficient (Wildman–Crippen LogP) is 2.59. The van der Waals surface area contributed by atoms with Crippen molar-refractivity contribution in [1.29, 1.82) is 0 Å². The highest BCUT2D eigenvalue weighted by Gasteiger charge is 2.45. The molecule has 0 bridgehead atoms. The van der Waals surface area contributed by atoms with Gasteiger partial charge in [0.25, 0.3) is 5.56 Å². The lowest BCUT2D eigenvalue weighted by atomic mass is 10.2. The Morgan fingerprint density at radius 3 is 2.61 bits per heavy atom. The number of aryl methyl sites for hydroxylation is 1. The Kier molecular flexibility index (Phi) is 8.23. The van der Waals surface area contributed by atoms with E-state index in [1.165, 1.54) is 26.0 Å². The van der Waals surface area contributed by atoms with E-state index >= 15 is 0 Å². The molecule has 6 atom stereocenters. The molecule has 2 unspecified atom stereocenters. The fraction of sp³-hybridized carbons (Fsp3) is 0.522. The summed E-state index contributed by atoms with van der Waals surface area (Å²) in [5.41, 5.74) is -1.37. The summed E-state index contributed by atoms with van der Waals surface area (Å²) in [7, 11) is -4.46. The van der Waals surface area contributed by atoms with Crippen molar-refractivity contribution in [2.45, 2.75) is 57.6 Å². The Bertz CT molecular complexity index is 1300. The molecular weight excluding hydrogens is 515 g/mol. The van der Waals surface area contributed by atoms with Crippen LogP contribution in [-0.2, 0) is 23.4 Å². The molecule has 13 heteroatoms. The molecule has 2 N–H and O–H groups in total. The number of hydrogen-bond donors (Lipinski definition) is 2. The average Bonchev–Trinajstić information content (AvgIpc) is 3.11. The maximum atomic E-state index is 13.9. The van der Waals surface area contributed by atoms with Gasteiger partial charge in [-0.05, 0) is 32.9 Å². The number of hydrogen-bond acceptors (Lipinski definition) is 9. The number of carbonyl (C=O) groups excluding carboxylic acids is 1. The first-order chi connectivity index (χ1) is 17.6. The summed E-state index contributed by atoms with van der Waals surface area (Å²) < 4.78 is 53.5. The molecule has 1 aromatic heterocycles. The van der Waals surface area contributed by atoms with Gasteiger partial charge in [-0.15, -0.1) is 11.6 Å². The van der Waals surface area contributed by atoms with E-state index < -0.39 is 73.4 Å². The zero-order chi connectivity index (χ0) is 28.4. The Morgan fingerprint density at radius 1 is 1.31 bits per heavy atom. The Labute approximate surface area is 215 Å². The second-order valence-electron chi connectivity index (χ2n) is 8.65. The van der Waals surface area contributed by atoms with Gasteiger partial charge >= 0.3 is 19.3 Å². The van der Waals surface area contributed by atoms with Crippen LogP contribution in [0.25, 0.3) is 0 Å². The fourth-order valence-corrected chi connectivity index (χ4v) is 5.39. The summed E-state index contributed by atoms with van der Waals surface area (Å²) in [6, 6.07) is 7.83. The van der Waals surface area contributed by atoms with Crippen LogP contribution in [-0.4, -0.2) is 57.0 Å². The summed E-state index contributed by atoms with van der Waals surface area (Å²) >= 11 is 6.29. The lowest BCUT2D eigenvalue weighted by molar-refractivity contribution is -0.151. The number of aliphatic hydroxyl groups is 1. The summed E-state index contributed by atoms with van der Waals surface area (Å²) in [5.74, 6) is -1.60. The summed E-state index contributed by atoms with van der Waals surface area (Å²) in [6.07, 6.45) is -4.79. The number of ether oxygens (including phenoxy) is 2. The summed E-state index contributed by atoms with van der Waals surface area (Å²) in [6.45, 7) is 3.18. The number of aromatic nitrogens is 2. The number of halogens is 1. The van der Waals surface area contributed by atoms with Gasteiger partial charge in [-0.25, -0.2) is 9.36 Å². The number of esters is 1. The van der Waals surface area contributed by atoms with Crippen LogP contribution in [0.15, 0.2) is 46.1 Å². The SMILES string of the molecule is [2H]C([2H])(OP(=O)(C[C@@H](C)C(=O)OC(C)C)Oc1ccccc1)[C@@H]1O[C@H](n2cc(C)c(=O)[nH]c2=O)[C@H](Cl)C1O. The number of nitrogens with one attached hydrogen (secondary N) is 1. The normalized spacial score (nSPS) is 25.5. The number of para-hydroxylation sites is 1.